The van der Waals surface area contributed by atoms with Crippen molar-refractivity contribution in [3.05, 3.63) is 70.7 Å². The highest BCUT2D eigenvalue weighted by molar-refractivity contribution is 9.10. The highest BCUT2D eigenvalue weighted by Crippen LogP contribution is 2.24. The molecule has 3 heterocycles. The number of aromatic nitrogens is 4. The van der Waals surface area contributed by atoms with E-state index in [4.69, 9.17) is 0 Å². The Labute approximate surface area is 159 Å². The number of benzene rings is 1. The zero-order chi connectivity index (χ0) is 17.9. The van der Waals surface area contributed by atoms with Gasteiger partial charge in [-0.2, -0.15) is 4.98 Å². The minimum absolute atomic E-state index is 0.531. The number of anilines is 3. The zero-order valence-corrected chi connectivity index (χ0v) is 15.7. The van der Waals surface area contributed by atoms with E-state index >= 15 is 0 Å². The lowest BCUT2D eigenvalue weighted by Gasteiger charge is -2.10. The summed E-state index contributed by atoms with van der Waals surface area (Å²) in [5, 5.41) is 7.69. The van der Waals surface area contributed by atoms with Crippen molar-refractivity contribution in [1.82, 2.24) is 19.9 Å². The van der Waals surface area contributed by atoms with Crippen molar-refractivity contribution in [1.29, 1.82) is 0 Å². The number of hydrogen-bond acceptors (Lipinski definition) is 5. The molecule has 4 aromatic rings. The fraction of sp³-hybridized carbons (Fsp3) is 0.105. The predicted molar refractivity (Wildman–Crippen MR) is 108 cm³/mol. The van der Waals surface area contributed by atoms with Gasteiger partial charge in [-0.05, 0) is 59.3 Å². The summed E-state index contributed by atoms with van der Waals surface area (Å²) in [6.45, 7) is 2.63. The minimum Gasteiger partial charge on any atom is -0.363 e. The van der Waals surface area contributed by atoms with E-state index in [1.54, 1.807) is 12.4 Å². The Balaban J connectivity index is 1.52. The molecule has 0 aliphatic carbocycles. The average Bonchev–Trinajstić information content (AvgIpc) is 3.02. The second kappa shape index (κ2) is 7.13. The van der Waals surface area contributed by atoms with Gasteiger partial charge in [-0.15, -0.1) is 0 Å². The van der Waals surface area contributed by atoms with E-state index in [9.17, 15) is 0 Å². The van der Waals surface area contributed by atoms with Crippen molar-refractivity contribution >= 4 is 44.3 Å². The normalized spacial score (nSPS) is 10.8. The number of hydrogen-bond donors (Lipinski definition) is 3. The number of aryl methyl sites for hydroxylation is 1. The highest BCUT2D eigenvalue weighted by Gasteiger charge is 2.07. The van der Waals surface area contributed by atoms with E-state index in [-0.39, 0.29) is 0 Å². The quantitative estimate of drug-likeness (QED) is 0.442. The SMILES string of the molecule is Cc1cc2cc(Nc3ncc(Br)c(NCc4ccccn4)n3)ccc2[nH]1. The molecular weight excluding hydrogens is 392 g/mol. The molecule has 0 spiro atoms. The smallest absolute Gasteiger partial charge is 0.229 e. The molecule has 0 aliphatic heterocycles. The van der Waals surface area contributed by atoms with Crippen LogP contribution in [0.4, 0.5) is 17.5 Å². The first-order valence-corrected chi connectivity index (χ1v) is 8.99. The molecule has 6 nitrogen and oxygen atoms in total. The first kappa shape index (κ1) is 16.5. The molecule has 0 aliphatic rings. The number of pyridine rings is 1. The lowest BCUT2D eigenvalue weighted by molar-refractivity contribution is 1.02. The first-order chi connectivity index (χ1) is 12.7. The molecule has 4 rings (SSSR count). The summed E-state index contributed by atoms with van der Waals surface area (Å²) in [6.07, 6.45) is 3.51. The van der Waals surface area contributed by atoms with E-state index < -0.39 is 0 Å². The van der Waals surface area contributed by atoms with Gasteiger partial charge in [0.15, 0.2) is 0 Å². The zero-order valence-electron chi connectivity index (χ0n) is 14.1. The van der Waals surface area contributed by atoms with Crippen LogP contribution in [-0.2, 0) is 6.54 Å². The summed E-state index contributed by atoms with van der Waals surface area (Å²) in [4.78, 5) is 16.5. The molecule has 0 fully saturated rings. The van der Waals surface area contributed by atoms with Gasteiger partial charge in [0.2, 0.25) is 5.95 Å². The lowest BCUT2D eigenvalue weighted by atomic mass is 10.2. The van der Waals surface area contributed by atoms with Crippen molar-refractivity contribution < 1.29 is 0 Å². The molecule has 130 valence electrons. The molecule has 0 atom stereocenters. The molecule has 0 saturated heterocycles. The summed E-state index contributed by atoms with van der Waals surface area (Å²) in [5.41, 5.74) is 4.14. The Morgan fingerprint density at radius 1 is 1.12 bits per heavy atom. The van der Waals surface area contributed by atoms with Crippen molar-refractivity contribution in [3.63, 3.8) is 0 Å². The third-order valence-electron chi connectivity index (χ3n) is 3.92. The molecule has 0 bridgehead atoms. The van der Waals surface area contributed by atoms with E-state index in [1.165, 1.54) is 0 Å². The number of H-pyrrole nitrogens is 1. The van der Waals surface area contributed by atoms with Crippen LogP contribution < -0.4 is 10.6 Å². The predicted octanol–water partition coefficient (Wildman–Crippen LogP) is 4.78. The van der Waals surface area contributed by atoms with Gasteiger partial charge in [-0.25, -0.2) is 4.98 Å². The number of rotatable bonds is 5. The summed E-state index contributed by atoms with van der Waals surface area (Å²) in [7, 11) is 0. The maximum absolute atomic E-state index is 4.55. The Bertz CT molecular complexity index is 1040. The van der Waals surface area contributed by atoms with Crippen LogP contribution in [0.15, 0.2) is 59.3 Å². The van der Waals surface area contributed by atoms with E-state index in [2.05, 4.69) is 58.6 Å². The number of aromatic amines is 1. The molecule has 0 radical (unpaired) electrons. The molecule has 7 heteroatoms. The van der Waals surface area contributed by atoms with E-state index in [0.29, 0.717) is 18.3 Å². The van der Waals surface area contributed by atoms with Crippen LogP contribution in [0.2, 0.25) is 0 Å². The standard InChI is InChI=1S/C19H17BrN6/c1-12-8-13-9-14(5-6-17(13)24-12)25-19-23-11-16(20)18(26-19)22-10-15-4-2-3-7-21-15/h2-9,11,24H,10H2,1H3,(H2,22,23,25,26). The molecule has 0 unspecified atom stereocenters. The van der Waals surface area contributed by atoms with Crippen molar-refractivity contribution in [2.24, 2.45) is 0 Å². The lowest BCUT2D eigenvalue weighted by Crippen LogP contribution is -2.06. The van der Waals surface area contributed by atoms with Gasteiger partial charge in [0.25, 0.3) is 0 Å². The third-order valence-corrected chi connectivity index (χ3v) is 4.50. The topological polar surface area (TPSA) is 78.5 Å². The van der Waals surface area contributed by atoms with E-state index in [0.717, 1.165) is 32.5 Å². The van der Waals surface area contributed by atoms with Crippen LogP contribution in [0.25, 0.3) is 10.9 Å². The number of nitrogens with one attached hydrogen (secondary N) is 3. The third kappa shape index (κ3) is 3.67. The summed E-state index contributed by atoms with van der Waals surface area (Å²) >= 11 is 3.48. The molecule has 3 N–H and O–H groups in total. The Hall–Kier alpha value is -2.93. The Morgan fingerprint density at radius 2 is 2.04 bits per heavy atom. The fourth-order valence-electron chi connectivity index (χ4n) is 2.71. The van der Waals surface area contributed by atoms with Crippen LogP contribution in [0.5, 0.6) is 0 Å². The number of halogens is 1. The maximum atomic E-state index is 4.55. The maximum Gasteiger partial charge on any atom is 0.229 e. The number of fused-ring (bicyclic) bond motifs is 1. The second-order valence-electron chi connectivity index (χ2n) is 5.94. The van der Waals surface area contributed by atoms with Crippen LogP contribution in [-0.4, -0.2) is 19.9 Å². The average molecular weight is 409 g/mol. The van der Waals surface area contributed by atoms with Crippen LogP contribution >= 0.6 is 15.9 Å². The number of nitrogens with zero attached hydrogens (tertiary/aromatic N) is 3. The second-order valence-corrected chi connectivity index (χ2v) is 6.80. The van der Waals surface area contributed by atoms with Crippen LogP contribution in [0.3, 0.4) is 0 Å². The minimum atomic E-state index is 0.531. The highest BCUT2D eigenvalue weighted by atomic mass is 79.9. The van der Waals surface area contributed by atoms with Gasteiger partial charge in [0, 0.05) is 34.7 Å². The van der Waals surface area contributed by atoms with Crippen molar-refractivity contribution in [2.45, 2.75) is 13.5 Å². The molecule has 3 aromatic heterocycles. The van der Waals surface area contributed by atoms with E-state index in [1.807, 2.05) is 37.3 Å². The van der Waals surface area contributed by atoms with Crippen molar-refractivity contribution in [2.75, 3.05) is 10.6 Å². The first-order valence-electron chi connectivity index (χ1n) is 8.20. The largest absolute Gasteiger partial charge is 0.363 e. The molecule has 0 amide bonds. The summed E-state index contributed by atoms with van der Waals surface area (Å²) in [6, 6.07) is 14.1. The Kier molecular flexibility index (Phi) is 4.53. The molecular formula is C19H17BrN6. The van der Waals surface area contributed by atoms with Gasteiger partial charge in [-0.1, -0.05) is 6.07 Å². The van der Waals surface area contributed by atoms with Crippen LogP contribution in [0, 0.1) is 6.92 Å². The van der Waals surface area contributed by atoms with Gasteiger partial charge in [0.1, 0.15) is 5.82 Å². The van der Waals surface area contributed by atoms with Gasteiger partial charge in [-0.3, -0.25) is 4.98 Å². The monoisotopic (exact) mass is 408 g/mol. The summed E-state index contributed by atoms with van der Waals surface area (Å²) < 4.78 is 0.802. The van der Waals surface area contributed by atoms with Crippen molar-refractivity contribution in [3.8, 4) is 0 Å². The fourth-order valence-corrected chi connectivity index (χ4v) is 3.04. The molecule has 26 heavy (non-hydrogen) atoms. The van der Waals surface area contributed by atoms with Gasteiger partial charge < -0.3 is 15.6 Å². The summed E-state index contributed by atoms with van der Waals surface area (Å²) in [5.74, 6) is 1.25. The van der Waals surface area contributed by atoms with Gasteiger partial charge >= 0.3 is 0 Å². The Morgan fingerprint density at radius 3 is 2.88 bits per heavy atom. The molecule has 0 saturated carbocycles. The molecule has 1 aromatic carbocycles. The van der Waals surface area contributed by atoms with Crippen LogP contribution in [0.1, 0.15) is 11.4 Å². The van der Waals surface area contributed by atoms with Gasteiger partial charge in [0.05, 0.1) is 16.7 Å².